The number of amides is 1. The zero-order chi connectivity index (χ0) is 20.2. The molecule has 29 heavy (non-hydrogen) atoms. The van der Waals surface area contributed by atoms with Crippen molar-refractivity contribution >= 4 is 17.5 Å². The Bertz CT molecular complexity index is 1120. The first-order valence-electron chi connectivity index (χ1n) is 8.72. The molecular formula is C20H15ClFN5O2. The number of tetrazole rings is 1. The predicted molar refractivity (Wildman–Crippen MR) is 104 cm³/mol. The van der Waals surface area contributed by atoms with Crippen LogP contribution >= 0.6 is 11.6 Å². The van der Waals surface area contributed by atoms with E-state index < -0.39 is 0 Å². The van der Waals surface area contributed by atoms with Crippen molar-refractivity contribution in [3.05, 3.63) is 77.3 Å². The largest absolute Gasteiger partial charge is 0.459 e. The molecule has 0 saturated heterocycles. The number of aromatic nitrogens is 4. The van der Waals surface area contributed by atoms with Gasteiger partial charge >= 0.3 is 0 Å². The molecule has 146 valence electrons. The van der Waals surface area contributed by atoms with Crippen LogP contribution in [0.4, 0.5) is 4.39 Å². The van der Waals surface area contributed by atoms with Gasteiger partial charge in [0.1, 0.15) is 23.9 Å². The summed E-state index contributed by atoms with van der Waals surface area (Å²) in [5.41, 5.74) is 1.51. The number of rotatable bonds is 6. The number of hydrogen-bond donors (Lipinski definition) is 1. The second kappa shape index (κ2) is 8.24. The molecule has 2 aromatic carbocycles. The Balaban J connectivity index is 1.33. The van der Waals surface area contributed by atoms with Gasteiger partial charge in [-0.05, 0) is 65.9 Å². The Hall–Kier alpha value is -3.52. The summed E-state index contributed by atoms with van der Waals surface area (Å²) in [5.74, 6) is 0.973. The third-order valence-electron chi connectivity index (χ3n) is 4.09. The van der Waals surface area contributed by atoms with Gasteiger partial charge in [-0.3, -0.25) is 4.79 Å². The van der Waals surface area contributed by atoms with Crippen molar-refractivity contribution in [2.24, 2.45) is 0 Å². The number of carbonyl (C=O) groups is 1. The molecule has 1 N–H and O–H groups in total. The maximum Gasteiger partial charge on any atom is 0.244 e. The van der Waals surface area contributed by atoms with E-state index >= 15 is 0 Å². The molecule has 9 heteroatoms. The van der Waals surface area contributed by atoms with Gasteiger partial charge in [-0.25, -0.2) is 4.39 Å². The lowest BCUT2D eigenvalue weighted by molar-refractivity contribution is -0.122. The molecule has 0 aliphatic carbocycles. The van der Waals surface area contributed by atoms with Crippen LogP contribution in [0.3, 0.4) is 0 Å². The Kier molecular flexibility index (Phi) is 5.35. The predicted octanol–water partition coefficient (Wildman–Crippen LogP) is 3.71. The standard InChI is InChI=1S/C20H15ClFN5O2/c21-15-5-1-13(2-6-15)18-10-9-17(29-18)11-23-19(28)12-27-25-20(24-26-27)14-3-7-16(22)8-4-14/h1-10H,11-12H2,(H,23,28). The molecule has 0 bridgehead atoms. The van der Waals surface area contributed by atoms with Crippen LogP contribution in [0.2, 0.25) is 5.02 Å². The third-order valence-corrected chi connectivity index (χ3v) is 4.34. The lowest BCUT2D eigenvalue weighted by Gasteiger charge is -2.02. The van der Waals surface area contributed by atoms with Crippen LogP contribution in [0.1, 0.15) is 5.76 Å². The molecule has 0 aliphatic heterocycles. The Morgan fingerprint density at radius 3 is 2.52 bits per heavy atom. The van der Waals surface area contributed by atoms with Gasteiger partial charge in [-0.2, -0.15) is 4.80 Å². The molecule has 0 fully saturated rings. The Morgan fingerprint density at radius 2 is 1.76 bits per heavy atom. The van der Waals surface area contributed by atoms with Crippen molar-refractivity contribution in [2.75, 3.05) is 0 Å². The summed E-state index contributed by atoms with van der Waals surface area (Å²) < 4.78 is 18.7. The summed E-state index contributed by atoms with van der Waals surface area (Å²) in [4.78, 5) is 13.3. The van der Waals surface area contributed by atoms with Crippen LogP contribution < -0.4 is 5.32 Å². The minimum atomic E-state index is -0.349. The monoisotopic (exact) mass is 411 g/mol. The summed E-state index contributed by atoms with van der Waals surface area (Å²) in [5, 5.41) is 15.3. The van der Waals surface area contributed by atoms with Crippen molar-refractivity contribution in [3.63, 3.8) is 0 Å². The molecule has 4 aromatic rings. The average molecular weight is 412 g/mol. The van der Waals surface area contributed by atoms with Crippen LogP contribution in [-0.4, -0.2) is 26.1 Å². The maximum absolute atomic E-state index is 13.0. The molecule has 0 aliphatic rings. The number of furan rings is 1. The van der Waals surface area contributed by atoms with E-state index in [9.17, 15) is 9.18 Å². The fraction of sp³-hybridized carbons (Fsp3) is 0.100. The highest BCUT2D eigenvalue weighted by Gasteiger charge is 2.11. The maximum atomic E-state index is 13.0. The fourth-order valence-corrected chi connectivity index (χ4v) is 2.76. The molecule has 4 rings (SSSR count). The summed E-state index contributed by atoms with van der Waals surface area (Å²) in [6.45, 7) is 0.130. The summed E-state index contributed by atoms with van der Waals surface area (Å²) >= 11 is 5.89. The minimum Gasteiger partial charge on any atom is -0.459 e. The molecular weight excluding hydrogens is 397 g/mol. The second-order valence-corrected chi connectivity index (χ2v) is 6.64. The first kappa shape index (κ1) is 18.8. The molecule has 0 saturated carbocycles. The quantitative estimate of drug-likeness (QED) is 0.522. The van der Waals surface area contributed by atoms with E-state index in [1.165, 1.54) is 16.9 Å². The molecule has 1 amide bonds. The molecule has 7 nitrogen and oxygen atoms in total. The van der Waals surface area contributed by atoms with Crippen molar-refractivity contribution in [1.29, 1.82) is 0 Å². The number of hydrogen-bond acceptors (Lipinski definition) is 5. The van der Waals surface area contributed by atoms with E-state index in [2.05, 4.69) is 20.7 Å². The van der Waals surface area contributed by atoms with Crippen molar-refractivity contribution in [2.45, 2.75) is 13.1 Å². The number of nitrogens with one attached hydrogen (secondary N) is 1. The SMILES string of the molecule is O=C(Cn1nnc(-c2ccc(F)cc2)n1)NCc1ccc(-c2ccc(Cl)cc2)o1. The number of carbonyl (C=O) groups excluding carboxylic acids is 1. The first-order chi connectivity index (χ1) is 14.1. The zero-order valence-electron chi connectivity index (χ0n) is 15.0. The van der Waals surface area contributed by atoms with E-state index in [0.29, 0.717) is 27.9 Å². The summed E-state index contributed by atoms with van der Waals surface area (Å²) in [7, 11) is 0. The van der Waals surface area contributed by atoms with Crippen LogP contribution in [-0.2, 0) is 17.9 Å². The lowest BCUT2D eigenvalue weighted by atomic mass is 10.2. The number of halogens is 2. The van der Waals surface area contributed by atoms with Gasteiger partial charge in [0, 0.05) is 16.1 Å². The highest BCUT2D eigenvalue weighted by molar-refractivity contribution is 6.30. The number of nitrogens with zero attached hydrogens (tertiary/aromatic N) is 4. The van der Waals surface area contributed by atoms with Gasteiger partial charge in [-0.15, -0.1) is 10.2 Å². The van der Waals surface area contributed by atoms with Crippen LogP contribution in [0.25, 0.3) is 22.7 Å². The average Bonchev–Trinajstić information content (AvgIpc) is 3.37. The normalized spacial score (nSPS) is 10.8. The Labute approximate surface area is 170 Å². The van der Waals surface area contributed by atoms with Crippen molar-refractivity contribution in [1.82, 2.24) is 25.5 Å². The summed E-state index contributed by atoms with van der Waals surface area (Å²) in [6.07, 6.45) is 0. The highest BCUT2D eigenvalue weighted by Crippen LogP contribution is 2.23. The molecule has 0 radical (unpaired) electrons. The van der Waals surface area contributed by atoms with Crippen molar-refractivity contribution < 1.29 is 13.6 Å². The highest BCUT2D eigenvalue weighted by atomic mass is 35.5. The second-order valence-electron chi connectivity index (χ2n) is 6.20. The number of benzene rings is 2. The van der Waals surface area contributed by atoms with Crippen LogP contribution in [0.15, 0.2) is 65.1 Å². The third kappa shape index (κ3) is 4.67. The van der Waals surface area contributed by atoms with Crippen LogP contribution in [0, 0.1) is 5.82 Å². The van der Waals surface area contributed by atoms with Gasteiger partial charge in [0.2, 0.25) is 11.7 Å². The van der Waals surface area contributed by atoms with E-state index in [1.54, 1.807) is 30.3 Å². The van der Waals surface area contributed by atoms with Gasteiger partial charge < -0.3 is 9.73 Å². The zero-order valence-corrected chi connectivity index (χ0v) is 15.8. The van der Waals surface area contributed by atoms with Crippen LogP contribution in [0.5, 0.6) is 0 Å². The molecule has 2 heterocycles. The topological polar surface area (TPSA) is 85.8 Å². The fourth-order valence-electron chi connectivity index (χ4n) is 2.64. The smallest absolute Gasteiger partial charge is 0.244 e. The van der Waals surface area contributed by atoms with Gasteiger partial charge in [0.05, 0.1) is 6.54 Å². The van der Waals surface area contributed by atoms with E-state index in [0.717, 1.165) is 5.56 Å². The Morgan fingerprint density at radius 1 is 1.03 bits per heavy atom. The molecule has 0 unspecified atom stereocenters. The first-order valence-corrected chi connectivity index (χ1v) is 9.10. The molecule has 0 atom stereocenters. The summed E-state index contributed by atoms with van der Waals surface area (Å²) in [6, 6.07) is 16.6. The van der Waals surface area contributed by atoms with Gasteiger partial charge in [0.15, 0.2) is 0 Å². The van der Waals surface area contributed by atoms with Gasteiger partial charge in [0.25, 0.3) is 0 Å². The van der Waals surface area contributed by atoms with E-state index in [4.69, 9.17) is 16.0 Å². The minimum absolute atomic E-state index is 0.0983. The lowest BCUT2D eigenvalue weighted by Crippen LogP contribution is -2.27. The van der Waals surface area contributed by atoms with E-state index in [-0.39, 0.29) is 24.8 Å². The molecule has 0 spiro atoms. The van der Waals surface area contributed by atoms with Gasteiger partial charge in [-0.1, -0.05) is 11.6 Å². The van der Waals surface area contributed by atoms with Crippen molar-refractivity contribution in [3.8, 4) is 22.7 Å². The van der Waals surface area contributed by atoms with E-state index in [1.807, 2.05) is 18.2 Å². The molecule has 2 aromatic heterocycles.